The van der Waals surface area contributed by atoms with E-state index < -0.39 is 6.10 Å². The zero-order valence-electron chi connectivity index (χ0n) is 12.6. The van der Waals surface area contributed by atoms with Crippen LogP contribution in [0.3, 0.4) is 0 Å². The first-order chi connectivity index (χ1) is 10.6. The van der Waals surface area contributed by atoms with Gasteiger partial charge in [-0.15, -0.1) is 0 Å². The molecule has 1 heterocycles. The number of carbonyl (C=O) groups is 1. The number of hydrogen-bond acceptors (Lipinski definition) is 4. The summed E-state index contributed by atoms with van der Waals surface area (Å²) in [6.45, 7) is 4.60. The molecule has 3 N–H and O–H groups in total. The van der Waals surface area contributed by atoms with Gasteiger partial charge < -0.3 is 20.5 Å². The average Bonchev–Trinajstić information content (AvgIpc) is 3.03. The molecule has 5 nitrogen and oxygen atoms in total. The fourth-order valence-corrected chi connectivity index (χ4v) is 2.64. The number of aliphatic hydroxyl groups excluding tert-OH is 1. The second-order valence-electron chi connectivity index (χ2n) is 4.82. The van der Waals surface area contributed by atoms with Crippen molar-refractivity contribution < 1.29 is 14.6 Å². The molecule has 2 aromatic rings. The van der Waals surface area contributed by atoms with Crippen molar-refractivity contribution in [1.82, 2.24) is 5.32 Å². The Labute approximate surface area is 133 Å². The molecule has 1 aromatic carbocycles. The molecule has 0 unspecified atom stereocenters. The Morgan fingerprint density at radius 1 is 1.41 bits per heavy atom. The maximum atomic E-state index is 11.9. The number of amides is 2. The molecule has 0 aliphatic carbocycles. The van der Waals surface area contributed by atoms with Gasteiger partial charge in [0.2, 0.25) is 0 Å². The number of benzene rings is 1. The van der Waals surface area contributed by atoms with Gasteiger partial charge in [-0.2, -0.15) is 11.3 Å². The molecule has 0 aliphatic rings. The summed E-state index contributed by atoms with van der Waals surface area (Å²) in [6.07, 6.45) is -0.700. The van der Waals surface area contributed by atoms with Gasteiger partial charge in [0.25, 0.3) is 0 Å². The van der Waals surface area contributed by atoms with E-state index >= 15 is 0 Å². The minimum Gasteiger partial charge on any atom is -0.494 e. The number of carbonyl (C=O) groups excluding carboxylic acids is 1. The molecule has 6 heteroatoms. The van der Waals surface area contributed by atoms with Crippen LogP contribution in [0.2, 0.25) is 0 Å². The van der Waals surface area contributed by atoms with Crippen molar-refractivity contribution in [2.45, 2.75) is 20.0 Å². The molecular formula is C16H20N2O3S. The normalized spacial score (nSPS) is 11.8. The van der Waals surface area contributed by atoms with Gasteiger partial charge in [-0.05, 0) is 47.9 Å². The minimum absolute atomic E-state index is 0.159. The zero-order valence-corrected chi connectivity index (χ0v) is 13.4. The zero-order chi connectivity index (χ0) is 15.9. The molecule has 0 saturated heterocycles. The third kappa shape index (κ3) is 4.47. The number of aliphatic hydroxyl groups is 1. The molecule has 2 amide bonds. The minimum atomic E-state index is -0.700. The van der Waals surface area contributed by atoms with Gasteiger partial charge in [0, 0.05) is 18.3 Å². The van der Waals surface area contributed by atoms with E-state index in [0.717, 1.165) is 16.9 Å². The fourth-order valence-electron chi connectivity index (χ4n) is 1.94. The van der Waals surface area contributed by atoms with Crippen LogP contribution in [0.4, 0.5) is 10.5 Å². The molecule has 0 saturated carbocycles. The highest BCUT2D eigenvalue weighted by Gasteiger charge is 2.10. The number of aryl methyl sites for hydroxylation is 1. The van der Waals surface area contributed by atoms with E-state index in [1.165, 1.54) is 11.3 Å². The largest absolute Gasteiger partial charge is 0.494 e. The van der Waals surface area contributed by atoms with Crippen molar-refractivity contribution in [2.24, 2.45) is 0 Å². The third-order valence-electron chi connectivity index (χ3n) is 3.13. The van der Waals surface area contributed by atoms with E-state index in [1.54, 1.807) is 6.07 Å². The van der Waals surface area contributed by atoms with E-state index in [9.17, 15) is 9.90 Å². The van der Waals surface area contributed by atoms with E-state index in [0.29, 0.717) is 12.3 Å². The molecule has 0 fully saturated rings. The maximum absolute atomic E-state index is 11.9. The van der Waals surface area contributed by atoms with Crippen molar-refractivity contribution in [3.05, 3.63) is 46.2 Å². The predicted octanol–water partition coefficient (Wildman–Crippen LogP) is 3.31. The Morgan fingerprint density at radius 3 is 2.91 bits per heavy atom. The van der Waals surface area contributed by atoms with Crippen molar-refractivity contribution in [1.29, 1.82) is 0 Å². The highest BCUT2D eigenvalue weighted by Crippen LogP contribution is 2.22. The van der Waals surface area contributed by atoms with Gasteiger partial charge >= 0.3 is 6.03 Å². The Balaban J connectivity index is 1.88. The number of thiophene rings is 1. The lowest BCUT2D eigenvalue weighted by atomic mass is 10.2. The molecule has 1 aromatic heterocycles. The molecule has 0 aliphatic heterocycles. The van der Waals surface area contributed by atoms with Crippen molar-refractivity contribution >= 4 is 23.1 Å². The maximum Gasteiger partial charge on any atom is 0.319 e. The van der Waals surface area contributed by atoms with Gasteiger partial charge in [0.05, 0.1) is 12.7 Å². The highest BCUT2D eigenvalue weighted by atomic mass is 32.1. The molecule has 0 spiro atoms. The quantitative estimate of drug-likeness (QED) is 0.765. The van der Waals surface area contributed by atoms with Crippen LogP contribution in [-0.4, -0.2) is 24.3 Å². The fraction of sp³-hybridized carbons (Fsp3) is 0.312. The number of urea groups is 1. The van der Waals surface area contributed by atoms with Crippen molar-refractivity contribution in [2.75, 3.05) is 18.5 Å². The first kappa shape index (κ1) is 16.3. The van der Waals surface area contributed by atoms with Gasteiger partial charge in [0.15, 0.2) is 0 Å². The van der Waals surface area contributed by atoms with Crippen LogP contribution in [0.25, 0.3) is 0 Å². The van der Waals surface area contributed by atoms with Crippen molar-refractivity contribution in [3.8, 4) is 5.75 Å². The molecule has 0 bridgehead atoms. The lowest BCUT2D eigenvalue weighted by Gasteiger charge is -2.13. The lowest BCUT2D eigenvalue weighted by molar-refractivity contribution is 0.175. The molecule has 0 radical (unpaired) electrons. The summed E-state index contributed by atoms with van der Waals surface area (Å²) < 4.78 is 5.50. The van der Waals surface area contributed by atoms with E-state index in [4.69, 9.17) is 4.74 Å². The average molecular weight is 320 g/mol. The predicted molar refractivity (Wildman–Crippen MR) is 88.6 cm³/mol. The van der Waals surface area contributed by atoms with Crippen LogP contribution in [0.1, 0.15) is 24.2 Å². The summed E-state index contributed by atoms with van der Waals surface area (Å²) in [5.41, 5.74) is 2.47. The van der Waals surface area contributed by atoms with Crippen LogP contribution in [0.15, 0.2) is 35.0 Å². The Kier molecular flexibility index (Phi) is 5.80. The standard InChI is InChI=1S/C16H20N2O3S/c1-3-21-15-8-13(5-4-11(15)2)18-16(20)17-9-14(19)12-6-7-22-10-12/h4-8,10,14,19H,3,9H2,1-2H3,(H2,17,18,20)/t14-/m0/s1. The molecule has 118 valence electrons. The Hall–Kier alpha value is -2.05. The number of hydrogen-bond donors (Lipinski definition) is 3. The lowest BCUT2D eigenvalue weighted by Crippen LogP contribution is -2.32. The summed E-state index contributed by atoms with van der Waals surface area (Å²) in [5.74, 6) is 0.749. The van der Waals surface area contributed by atoms with Crippen LogP contribution in [-0.2, 0) is 0 Å². The van der Waals surface area contributed by atoms with Gasteiger partial charge in [-0.25, -0.2) is 4.79 Å². The van der Waals surface area contributed by atoms with Crippen LogP contribution in [0.5, 0.6) is 5.75 Å². The summed E-state index contributed by atoms with van der Waals surface area (Å²) in [4.78, 5) is 11.9. The van der Waals surface area contributed by atoms with Gasteiger partial charge in [-0.3, -0.25) is 0 Å². The van der Waals surface area contributed by atoms with E-state index in [2.05, 4.69) is 10.6 Å². The topological polar surface area (TPSA) is 70.6 Å². The Bertz CT molecular complexity index is 614. The monoisotopic (exact) mass is 320 g/mol. The van der Waals surface area contributed by atoms with Crippen LogP contribution >= 0.6 is 11.3 Å². The summed E-state index contributed by atoms with van der Waals surface area (Å²) in [7, 11) is 0. The second kappa shape index (κ2) is 7.82. The van der Waals surface area contributed by atoms with Gasteiger partial charge in [0.1, 0.15) is 5.75 Å². The summed E-state index contributed by atoms with van der Waals surface area (Å²) in [6, 6.07) is 6.96. The number of rotatable bonds is 6. The molecule has 1 atom stereocenters. The van der Waals surface area contributed by atoms with Crippen LogP contribution in [0, 0.1) is 6.92 Å². The SMILES string of the molecule is CCOc1cc(NC(=O)NC[C@H](O)c2ccsc2)ccc1C. The number of ether oxygens (including phenoxy) is 1. The third-order valence-corrected chi connectivity index (χ3v) is 3.83. The molecule has 22 heavy (non-hydrogen) atoms. The smallest absolute Gasteiger partial charge is 0.319 e. The second-order valence-corrected chi connectivity index (χ2v) is 5.60. The number of nitrogens with one attached hydrogen (secondary N) is 2. The van der Waals surface area contributed by atoms with Crippen LogP contribution < -0.4 is 15.4 Å². The van der Waals surface area contributed by atoms with Crippen molar-refractivity contribution in [3.63, 3.8) is 0 Å². The number of anilines is 1. The first-order valence-electron chi connectivity index (χ1n) is 7.08. The highest BCUT2D eigenvalue weighted by molar-refractivity contribution is 7.07. The molecule has 2 rings (SSSR count). The summed E-state index contributed by atoms with van der Waals surface area (Å²) in [5, 5.41) is 19.0. The van der Waals surface area contributed by atoms with E-state index in [1.807, 2.05) is 42.8 Å². The van der Waals surface area contributed by atoms with E-state index in [-0.39, 0.29) is 12.6 Å². The molecular weight excluding hydrogens is 300 g/mol. The Morgan fingerprint density at radius 2 is 2.23 bits per heavy atom. The van der Waals surface area contributed by atoms with Gasteiger partial charge in [-0.1, -0.05) is 6.07 Å². The summed E-state index contributed by atoms with van der Waals surface area (Å²) >= 11 is 1.51. The first-order valence-corrected chi connectivity index (χ1v) is 8.03.